The lowest BCUT2D eigenvalue weighted by Crippen LogP contribution is -2.36. The Morgan fingerprint density at radius 3 is 2.36 bits per heavy atom. The third-order valence-electron chi connectivity index (χ3n) is 6.15. The van der Waals surface area contributed by atoms with Gasteiger partial charge in [0.1, 0.15) is 0 Å². The Labute approximate surface area is 193 Å². The van der Waals surface area contributed by atoms with E-state index in [9.17, 15) is 18.0 Å². The summed E-state index contributed by atoms with van der Waals surface area (Å²) in [5.41, 5.74) is 3.56. The maximum absolute atomic E-state index is 13.4. The maximum Gasteiger partial charge on any atom is 0.337 e. The van der Waals surface area contributed by atoms with Crippen molar-refractivity contribution in [2.24, 2.45) is 0 Å². The highest BCUT2D eigenvalue weighted by Crippen LogP contribution is 2.31. The first-order chi connectivity index (χ1) is 15.8. The lowest BCUT2D eigenvalue weighted by Gasteiger charge is -2.26. The summed E-state index contributed by atoms with van der Waals surface area (Å²) in [5, 5.41) is 0.813. The Morgan fingerprint density at radius 1 is 1.06 bits per heavy atom. The molecule has 4 rings (SSSR count). The van der Waals surface area contributed by atoms with E-state index in [1.165, 1.54) is 23.5 Å². The van der Waals surface area contributed by atoms with E-state index < -0.39 is 16.0 Å². The summed E-state index contributed by atoms with van der Waals surface area (Å²) in [4.78, 5) is 29.7. The number of esters is 1. The van der Waals surface area contributed by atoms with Gasteiger partial charge in [0.2, 0.25) is 10.0 Å². The van der Waals surface area contributed by atoms with E-state index in [0.29, 0.717) is 37.2 Å². The van der Waals surface area contributed by atoms with Crippen molar-refractivity contribution in [3.63, 3.8) is 0 Å². The molecule has 2 aromatic carbocycles. The number of nitrogens with one attached hydrogen (secondary N) is 1. The Morgan fingerprint density at radius 2 is 1.73 bits per heavy atom. The first-order valence-electron chi connectivity index (χ1n) is 10.9. The van der Waals surface area contributed by atoms with Crippen molar-refractivity contribution >= 4 is 32.8 Å². The van der Waals surface area contributed by atoms with Crippen LogP contribution in [0, 0.1) is 0 Å². The lowest BCUT2D eigenvalue weighted by molar-refractivity contribution is 0.0600. The molecule has 1 amide bonds. The molecule has 0 unspecified atom stereocenters. The molecule has 1 aromatic heterocycles. The number of ether oxygens (including phenoxy) is 1. The second-order valence-corrected chi connectivity index (χ2v) is 9.86. The molecule has 33 heavy (non-hydrogen) atoms. The molecule has 2 heterocycles. The third-order valence-corrected chi connectivity index (χ3v) is 8.01. The molecule has 0 radical (unpaired) electrons. The average Bonchev–Trinajstić information content (AvgIpc) is 3.21. The van der Waals surface area contributed by atoms with Gasteiger partial charge < -0.3 is 14.6 Å². The number of nitrogens with zero attached hydrogens (tertiary/aromatic N) is 2. The Bertz CT molecular complexity index is 1310. The van der Waals surface area contributed by atoms with Crippen LogP contribution in [0.4, 0.5) is 0 Å². The van der Waals surface area contributed by atoms with Gasteiger partial charge in [0.05, 0.1) is 17.6 Å². The van der Waals surface area contributed by atoms with Crippen molar-refractivity contribution in [2.45, 2.75) is 31.7 Å². The molecule has 0 saturated heterocycles. The first kappa shape index (κ1) is 23.0. The molecule has 1 N–H and O–H groups in total. The fraction of sp³-hybridized carbons (Fsp3) is 0.333. The number of rotatable bonds is 6. The van der Waals surface area contributed by atoms with Crippen molar-refractivity contribution in [1.29, 1.82) is 0 Å². The van der Waals surface area contributed by atoms with E-state index in [-0.39, 0.29) is 17.3 Å². The standard InChI is InChI=1S/C24H27N3O5S/c1-4-26(5-2)23(28)16-6-9-18(10-7-16)33(30,31)27-13-12-22-20(15-27)19-14-17(24(29)32-3)8-11-21(19)25-22/h6-11,14,25H,4-5,12-13,15H2,1-3H3. The predicted molar refractivity (Wildman–Crippen MR) is 125 cm³/mol. The molecule has 1 aliphatic heterocycles. The highest BCUT2D eigenvalue weighted by molar-refractivity contribution is 7.89. The van der Waals surface area contributed by atoms with Gasteiger partial charge in [-0.3, -0.25) is 4.79 Å². The summed E-state index contributed by atoms with van der Waals surface area (Å²) >= 11 is 0. The van der Waals surface area contributed by atoms with E-state index in [4.69, 9.17) is 4.74 Å². The molecular formula is C24H27N3O5S. The number of benzene rings is 2. The number of carbonyl (C=O) groups excluding carboxylic acids is 2. The van der Waals surface area contributed by atoms with Gasteiger partial charge in [0.15, 0.2) is 0 Å². The minimum atomic E-state index is -3.75. The van der Waals surface area contributed by atoms with Crippen LogP contribution in [0.3, 0.4) is 0 Å². The first-order valence-corrected chi connectivity index (χ1v) is 12.3. The summed E-state index contributed by atoms with van der Waals surface area (Å²) in [6.45, 7) is 5.53. The normalized spacial score (nSPS) is 14.2. The summed E-state index contributed by atoms with van der Waals surface area (Å²) < 4.78 is 33.0. The summed E-state index contributed by atoms with van der Waals surface area (Å²) in [7, 11) is -2.43. The van der Waals surface area contributed by atoms with Crippen LogP contribution in [0.25, 0.3) is 10.9 Å². The van der Waals surface area contributed by atoms with Gasteiger partial charge in [0, 0.05) is 54.8 Å². The molecule has 0 saturated carbocycles. The van der Waals surface area contributed by atoms with Gasteiger partial charge in [-0.25, -0.2) is 13.2 Å². The van der Waals surface area contributed by atoms with Crippen LogP contribution in [-0.2, 0) is 27.7 Å². The number of methoxy groups -OCH3 is 1. The Hall–Kier alpha value is -3.17. The molecule has 0 atom stereocenters. The van der Waals surface area contributed by atoms with Crippen molar-refractivity contribution in [1.82, 2.24) is 14.2 Å². The van der Waals surface area contributed by atoms with Crippen molar-refractivity contribution in [3.05, 3.63) is 64.8 Å². The number of hydrogen-bond donors (Lipinski definition) is 1. The van der Waals surface area contributed by atoms with Crippen LogP contribution in [0.2, 0.25) is 0 Å². The van der Waals surface area contributed by atoms with Crippen molar-refractivity contribution < 1.29 is 22.7 Å². The molecular weight excluding hydrogens is 442 g/mol. The van der Waals surface area contributed by atoms with E-state index in [2.05, 4.69) is 4.98 Å². The molecule has 0 fully saturated rings. The number of amides is 1. The number of aromatic nitrogens is 1. The quantitative estimate of drug-likeness (QED) is 0.559. The van der Waals surface area contributed by atoms with Gasteiger partial charge in [-0.15, -0.1) is 0 Å². The van der Waals surface area contributed by atoms with Crippen LogP contribution in [0.1, 0.15) is 45.8 Å². The van der Waals surface area contributed by atoms with E-state index in [1.54, 1.807) is 29.2 Å². The van der Waals surface area contributed by atoms with Crippen LogP contribution in [-0.4, -0.2) is 61.2 Å². The topological polar surface area (TPSA) is 99.8 Å². The minimum Gasteiger partial charge on any atom is -0.465 e. The monoisotopic (exact) mass is 469 g/mol. The fourth-order valence-electron chi connectivity index (χ4n) is 4.25. The number of H-pyrrole nitrogens is 1. The number of fused-ring (bicyclic) bond motifs is 3. The number of sulfonamides is 1. The maximum atomic E-state index is 13.4. The SMILES string of the molecule is CCN(CC)C(=O)c1ccc(S(=O)(=O)N2CCc3[nH]c4ccc(C(=O)OC)cc4c3C2)cc1. The third kappa shape index (κ3) is 4.14. The molecule has 3 aromatic rings. The van der Waals surface area contributed by atoms with Crippen LogP contribution < -0.4 is 0 Å². The van der Waals surface area contributed by atoms with Gasteiger partial charge in [-0.2, -0.15) is 4.31 Å². The molecule has 0 bridgehead atoms. The number of aromatic amines is 1. The summed E-state index contributed by atoms with van der Waals surface area (Å²) in [5.74, 6) is -0.557. The van der Waals surface area contributed by atoms with Gasteiger partial charge >= 0.3 is 5.97 Å². The average molecular weight is 470 g/mol. The zero-order valence-corrected chi connectivity index (χ0v) is 19.7. The van der Waals surface area contributed by atoms with Crippen molar-refractivity contribution in [3.8, 4) is 0 Å². The summed E-state index contributed by atoms with van der Waals surface area (Å²) in [6, 6.07) is 11.4. The second-order valence-electron chi connectivity index (χ2n) is 7.92. The lowest BCUT2D eigenvalue weighted by atomic mass is 10.0. The predicted octanol–water partition coefficient (Wildman–Crippen LogP) is 3.18. The molecule has 0 aliphatic carbocycles. The van der Waals surface area contributed by atoms with E-state index in [0.717, 1.165) is 22.2 Å². The van der Waals surface area contributed by atoms with Crippen LogP contribution >= 0.6 is 0 Å². The number of hydrogen-bond acceptors (Lipinski definition) is 5. The highest BCUT2D eigenvalue weighted by atomic mass is 32.2. The largest absolute Gasteiger partial charge is 0.465 e. The van der Waals surface area contributed by atoms with E-state index >= 15 is 0 Å². The van der Waals surface area contributed by atoms with Crippen molar-refractivity contribution in [2.75, 3.05) is 26.7 Å². The molecule has 174 valence electrons. The smallest absolute Gasteiger partial charge is 0.337 e. The highest BCUT2D eigenvalue weighted by Gasteiger charge is 2.30. The van der Waals surface area contributed by atoms with Gasteiger partial charge in [-0.05, 0) is 61.9 Å². The molecule has 0 spiro atoms. The van der Waals surface area contributed by atoms with E-state index in [1.807, 2.05) is 19.9 Å². The van der Waals surface area contributed by atoms with Gasteiger partial charge in [-0.1, -0.05) is 0 Å². The Kier molecular flexibility index (Phi) is 6.27. The molecule has 9 heteroatoms. The molecule has 8 nitrogen and oxygen atoms in total. The minimum absolute atomic E-state index is 0.119. The number of carbonyl (C=O) groups is 2. The second kappa shape index (κ2) is 8.99. The molecule has 1 aliphatic rings. The zero-order valence-electron chi connectivity index (χ0n) is 18.9. The Balaban J connectivity index is 1.62. The van der Waals surface area contributed by atoms with Crippen LogP contribution in [0.15, 0.2) is 47.4 Å². The van der Waals surface area contributed by atoms with Gasteiger partial charge in [0.25, 0.3) is 5.91 Å². The zero-order chi connectivity index (χ0) is 23.8. The fourth-order valence-corrected chi connectivity index (χ4v) is 5.66. The van der Waals surface area contributed by atoms with Crippen LogP contribution in [0.5, 0.6) is 0 Å². The summed E-state index contributed by atoms with van der Waals surface area (Å²) in [6.07, 6.45) is 0.537.